The molecule has 0 unspecified atom stereocenters. The van der Waals surface area contributed by atoms with E-state index in [1.807, 2.05) is 0 Å². The number of nitrogens with zero attached hydrogens (tertiary/aromatic N) is 2. The molecule has 1 N–H and O–H groups in total. The number of hydrogen-bond acceptors (Lipinski definition) is 3. The van der Waals surface area contributed by atoms with Gasteiger partial charge in [0, 0.05) is 0 Å². The van der Waals surface area contributed by atoms with Crippen LogP contribution in [-0.2, 0) is 5.60 Å². The highest BCUT2D eigenvalue weighted by molar-refractivity contribution is 6.32. The number of hydrogen-bond donors (Lipinski definition) is 1. The molecule has 5 heteroatoms. The molecule has 13 heavy (non-hydrogen) atoms. The monoisotopic (exact) mass is 220 g/mol. The van der Waals surface area contributed by atoms with Crippen molar-refractivity contribution in [3.63, 3.8) is 0 Å². The van der Waals surface area contributed by atoms with Crippen LogP contribution in [0.3, 0.4) is 0 Å². The van der Waals surface area contributed by atoms with Gasteiger partial charge in [-0.1, -0.05) is 11.6 Å². The minimum atomic E-state index is -1.10. The summed E-state index contributed by atoms with van der Waals surface area (Å²) in [5, 5.41) is 10.1. The van der Waals surface area contributed by atoms with E-state index >= 15 is 0 Å². The van der Waals surface area contributed by atoms with Crippen LogP contribution >= 0.6 is 23.2 Å². The van der Waals surface area contributed by atoms with Crippen molar-refractivity contribution in [3.05, 3.63) is 21.7 Å². The maximum atomic E-state index is 9.69. The molecule has 3 nitrogen and oxygen atoms in total. The van der Waals surface area contributed by atoms with E-state index in [1.54, 1.807) is 20.8 Å². The van der Waals surface area contributed by atoms with Crippen LogP contribution in [0.4, 0.5) is 0 Å². The van der Waals surface area contributed by atoms with Gasteiger partial charge in [0.25, 0.3) is 0 Å². The van der Waals surface area contributed by atoms with Crippen LogP contribution in [-0.4, -0.2) is 15.1 Å². The van der Waals surface area contributed by atoms with Gasteiger partial charge in [-0.2, -0.15) is 0 Å². The Morgan fingerprint density at radius 1 is 1.23 bits per heavy atom. The summed E-state index contributed by atoms with van der Waals surface area (Å²) in [4.78, 5) is 7.74. The Morgan fingerprint density at radius 3 is 2.23 bits per heavy atom. The average Bonchev–Trinajstić information content (AvgIpc) is 1.94. The van der Waals surface area contributed by atoms with Gasteiger partial charge in [-0.05, 0) is 32.4 Å². The second-order valence-electron chi connectivity index (χ2n) is 3.30. The number of rotatable bonds is 1. The Hall–Kier alpha value is -0.380. The van der Waals surface area contributed by atoms with Gasteiger partial charge in [0.05, 0.1) is 16.4 Å². The Morgan fingerprint density at radius 2 is 1.77 bits per heavy atom. The smallest absolute Gasteiger partial charge is 0.223 e. The summed E-state index contributed by atoms with van der Waals surface area (Å²) in [6.07, 6.45) is 0. The molecular weight excluding hydrogens is 211 g/mol. The van der Waals surface area contributed by atoms with E-state index in [2.05, 4.69) is 9.97 Å². The SMILES string of the molecule is Cc1nc(Cl)nc(C(C)(C)O)c1Cl. The van der Waals surface area contributed by atoms with Crippen molar-refractivity contribution in [2.75, 3.05) is 0 Å². The maximum absolute atomic E-state index is 9.69. The Balaban J connectivity index is 3.37. The van der Waals surface area contributed by atoms with E-state index in [1.165, 1.54) is 0 Å². The second-order valence-corrected chi connectivity index (χ2v) is 4.02. The summed E-state index contributed by atoms with van der Waals surface area (Å²) < 4.78 is 0. The van der Waals surface area contributed by atoms with Crippen molar-refractivity contribution >= 4 is 23.2 Å². The largest absolute Gasteiger partial charge is 0.384 e. The van der Waals surface area contributed by atoms with Crippen molar-refractivity contribution < 1.29 is 5.11 Å². The molecule has 0 amide bonds. The Kier molecular flexibility index (Phi) is 2.80. The lowest BCUT2D eigenvalue weighted by molar-refractivity contribution is 0.0737. The van der Waals surface area contributed by atoms with Gasteiger partial charge in [-0.25, -0.2) is 9.97 Å². The first-order chi connectivity index (χ1) is 5.82. The lowest BCUT2D eigenvalue weighted by Gasteiger charge is -2.18. The zero-order valence-corrected chi connectivity index (χ0v) is 9.11. The molecule has 0 spiro atoms. The molecule has 1 aromatic heterocycles. The molecule has 0 aliphatic rings. The summed E-state index contributed by atoms with van der Waals surface area (Å²) in [5.41, 5.74) is -0.181. The molecule has 0 saturated heterocycles. The highest BCUT2D eigenvalue weighted by Crippen LogP contribution is 2.28. The molecule has 0 aromatic carbocycles. The lowest BCUT2D eigenvalue weighted by atomic mass is 10.0. The predicted octanol–water partition coefficient (Wildman–Crippen LogP) is 2.32. The third-order valence-electron chi connectivity index (χ3n) is 1.57. The molecule has 0 aliphatic heterocycles. The van der Waals surface area contributed by atoms with E-state index in [0.29, 0.717) is 16.4 Å². The Labute approximate surface area is 86.7 Å². The lowest BCUT2D eigenvalue weighted by Crippen LogP contribution is -2.19. The van der Waals surface area contributed by atoms with Gasteiger partial charge < -0.3 is 5.11 Å². The minimum Gasteiger partial charge on any atom is -0.384 e. The van der Waals surface area contributed by atoms with E-state index < -0.39 is 5.60 Å². The maximum Gasteiger partial charge on any atom is 0.223 e. The molecule has 1 aromatic rings. The van der Waals surface area contributed by atoms with E-state index in [0.717, 1.165) is 0 Å². The minimum absolute atomic E-state index is 0.0963. The van der Waals surface area contributed by atoms with Crippen LogP contribution in [0, 0.1) is 6.92 Å². The number of aryl methyl sites for hydroxylation is 1. The summed E-state index contributed by atoms with van der Waals surface area (Å²) >= 11 is 11.5. The quantitative estimate of drug-likeness (QED) is 0.740. The van der Waals surface area contributed by atoms with E-state index in [4.69, 9.17) is 23.2 Å². The standard InChI is InChI=1S/C8H10Cl2N2O/c1-4-5(9)6(8(2,3)13)12-7(10)11-4/h13H,1-3H3. The average molecular weight is 221 g/mol. The molecule has 0 atom stereocenters. The fraction of sp³-hybridized carbons (Fsp3) is 0.500. The number of aromatic nitrogens is 2. The van der Waals surface area contributed by atoms with Crippen LogP contribution in [0.2, 0.25) is 10.3 Å². The van der Waals surface area contributed by atoms with Gasteiger partial charge >= 0.3 is 0 Å². The van der Waals surface area contributed by atoms with Crippen molar-refractivity contribution in [2.24, 2.45) is 0 Å². The van der Waals surface area contributed by atoms with E-state index in [-0.39, 0.29) is 5.28 Å². The fourth-order valence-corrected chi connectivity index (χ4v) is 1.46. The Bertz CT molecular complexity index is 334. The van der Waals surface area contributed by atoms with Crippen LogP contribution in [0.1, 0.15) is 25.2 Å². The first-order valence-corrected chi connectivity index (χ1v) is 4.50. The molecule has 1 rings (SSSR count). The van der Waals surface area contributed by atoms with Crippen LogP contribution < -0.4 is 0 Å². The van der Waals surface area contributed by atoms with Crippen molar-refractivity contribution in [3.8, 4) is 0 Å². The van der Waals surface area contributed by atoms with Crippen molar-refractivity contribution in [1.82, 2.24) is 9.97 Å². The molecule has 0 bridgehead atoms. The molecular formula is C8H10Cl2N2O. The summed E-state index contributed by atoms with van der Waals surface area (Å²) in [6, 6.07) is 0. The molecule has 0 saturated carbocycles. The van der Waals surface area contributed by atoms with Gasteiger partial charge in [0.2, 0.25) is 5.28 Å². The molecule has 1 heterocycles. The number of aliphatic hydroxyl groups is 1. The summed E-state index contributed by atoms with van der Waals surface area (Å²) in [6.45, 7) is 4.90. The summed E-state index contributed by atoms with van der Waals surface area (Å²) in [5.74, 6) is 0. The highest BCUT2D eigenvalue weighted by Gasteiger charge is 2.23. The van der Waals surface area contributed by atoms with Crippen LogP contribution in [0.25, 0.3) is 0 Å². The number of halogens is 2. The van der Waals surface area contributed by atoms with Crippen LogP contribution in [0.5, 0.6) is 0 Å². The third-order valence-corrected chi connectivity index (χ3v) is 2.19. The van der Waals surface area contributed by atoms with Crippen molar-refractivity contribution in [2.45, 2.75) is 26.4 Å². The zero-order valence-electron chi connectivity index (χ0n) is 7.60. The van der Waals surface area contributed by atoms with Gasteiger partial charge in [0.15, 0.2) is 0 Å². The third kappa shape index (κ3) is 2.30. The molecule has 72 valence electrons. The van der Waals surface area contributed by atoms with Crippen LogP contribution in [0.15, 0.2) is 0 Å². The van der Waals surface area contributed by atoms with E-state index in [9.17, 15) is 5.11 Å². The van der Waals surface area contributed by atoms with Crippen molar-refractivity contribution in [1.29, 1.82) is 0 Å². The first-order valence-electron chi connectivity index (χ1n) is 3.75. The van der Waals surface area contributed by atoms with Gasteiger partial charge in [-0.3, -0.25) is 0 Å². The second kappa shape index (κ2) is 3.40. The molecule has 0 radical (unpaired) electrons. The van der Waals surface area contributed by atoms with Gasteiger partial charge in [-0.15, -0.1) is 0 Å². The molecule has 0 aliphatic carbocycles. The zero-order chi connectivity index (χ0) is 10.2. The predicted molar refractivity (Wildman–Crippen MR) is 52.0 cm³/mol. The fourth-order valence-electron chi connectivity index (χ4n) is 0.931. The topological polar surface area (TPSA) is 46.0 Å². The molecule has 0 fully saturated rings. The van der Waals surface area contributed by atoms with Gasteiger partial charge in [0.1, 0.15) is 5.60 Å². The first kappa shape index (κ1) is 10.7. The highest BCUT2D eigenvalue weighted by atomic mass is 35.5. The summed E-state index contributed by atoms with van der Waals surface area (Å²) in [7, 11) is 0. The normalized spacial score (nSPS) is 11.8.